The van der Waals surface area contributed by atoms with Crippen molar-refractivity contribution in [2.45, 2.75) is 19.4 Å². The third kappa shape index (κ3) is 3.61. The van der Waals surface area contributed by atoms with Gasteiger partial charge in [-0.05, 0) is 43.9 Å². The Labute approximate surface area is 104 Å². The molecule has 1 aromatic rings. The maximum absolute atomic E-state index is 5.59. The number of anilines is 1. The highest BCUT2D eigenvalue weighted by atomic mass is 79.9. The van der Waals surface area contributed by atoms with Crippen LogP contribution in [-0.2, 0) is 0 Å². The van der Waals surface area contributed by atoms with E-state index in [4.69, 9.17) is 10.5 Å². The number of rotatable bonds is 4. The van der Waals surface area contributed by atoms with Crippen molar-refractivity contribution in [1.29, 1.82) is 0 Å². The first-order valence-corrected chi connectivity index (χ1v) is 5.71. The van der Waals surface area contributed by atoms with Crippen LogP contribution in [0.4, 0.5) is 5.82 Å². The van der Waals surface area contributed by atoms with Crippen molar-refractivity contribution in [3.63, 3.8) is 0 Å². The van der Waals surface area contributed by atoms with Gasteiger partial charge in [-0.25, -0.2) is 0 Å². The number of likely N-dealkylation sites (N-methyl/N-ethyl adjacent to an activating group) is 1. The molecule has 0 amide bonds. The summed E-state index contributed by atoms with van der Waals surface area (Å²) in [5.41, 5.74) is 5.50. The topological polar surface area (TPSA) is 64.3 Å². The minimum Gasteiger partial charge on any atom is -0.461 e. The van der Waals surface area contributed by atoms with Gasteiger partial charge in [0.15, 0.2) is 0 Å². The molecule has 1 aromatic heterocycles. The number of hydrogen-bond acceptors (Lipinski definition) is 5. The van der Waals surface area contributed by atoms with Gasteiger partial charge in [0, 0.05) is 11.6 Å². The largest absolute Gasteiger partial charge is 0.461 e. The maximum atomic E-state index is 5.59. The molecule has 1 heterocycles. The molecule has 6 heteroatoms. The minimum atomic E-state index is -0.0829. The van der Waals surface area contributed by atoms with Gasteiger partial charge >= 0.3 is 6.01 Å². The van der Waals surface area contributed by atoms with Gasteiger partial charge < -0.3 is 15.4 Å². The Morgan fingerprint density at radius 2 is 2.06 bits per heavy atom. The predicted molar refractivity (Wildman–Crippen MR) is 67.4 cm³/mol. The van der Waals surface area contributed by atoms with Crippen LogP contribution >= 0.6 is 15.9 Å². The lowest BCUT2D eigenvalue weighted by Crippen LogP contribution is -2.43. The molecule has 0 aliphatic carbocycles. The van der Waals surface area contributed by atoms with Gasteiger partial charge in [0.1, 0.15) is 17.0 Å². The lowest BCUT2D eigenvalue weighted by molar-refractivity contribution is 0.108. The SMILES string of the molecule is CN(C)C(C)(C)COc1nc(N)cc(Br)n1. The number of nitrogens with two attached hydrogens (primary N) is 1. The van der Waals surface area contributed by atoms with E-state index in [9.17, 15) is 0 Å². The summed E-state index contributed by atoms with van der Waals surface area (Å²) < 4.78 is 6.14. The van der Waals surface area contributed by atoms with Crippen molar-refractivity contribution in [1.82, 2.24) is 14.9 Å². The van der Waals surface area contributed by atoms with E-state index < -0.39 is 0 Å². The Morgan fingerprint density at radius 3 is 2.56 bits per heavy atom. The normalized spacial score (nSPS) is 11.9. The van der Waals surface area contributed by atoms with E-state index in [1.807, 2.05) is 14.1 Å². The van der Waals surface area contributed by atoms with Gasteiger partial charge in [0.2, 0.25) is 0 Å². The van der Waals surface area contributed by atoms with Gasteiger partial charge in [-0.3, -0.25) is 0 Å². The number of halogens is 1. The van der Waals surface area contributed by atoms with Crippen molar-refractivity contribution in [2.24, 2.45) is 0 Å². The smallest absolute Gasteiger partial charge is 0.319 e. The van der Waals surface area contributed by atoms with Gasteiger partial charge in [0.05, 0.1) is 0 Å². The fraction of sp³-hybridized carbons (Fsp3) is 0.600. The van der Waals surface area contributed by atoms with Gasteiger partial charge in [-0.1, -0.05) is 0 Å². The molecule has 1 rings (SSSR count). The molecule has 0 radical (unpaired) electrons. The number of nitrogen functional groups attached to an aromatic ring is 1. The van der Waals surface area contributed by atoms with Crippen molar-refractivity contribution >= 4 is 21.7 Å². The van der Waals surface area contributed by atoms with Crippen LogP contribution in [0, 0.1) is 0 Å². The molecule has 0 spiro atoms. The van der Waals surface area contributed by atoms with Crippen LogP contribution in [0.25, 0.3) is 0 Å². The average Bonchev–Trinajstić information content (AvgIpc) is 2.13. The second-order valence-electron chi connectivity index (χ2n) is 4.39. The quantitative estimate of drug-likeness (QED) is 0.852. The van der Waals surface area contributed by atoms with Crippen LogP contribution in [0.1, 0.15) is 13.8 Å². The van der Waals surface area contributed by atoms with Crippen LogP contribution in [-0.4, -0.2) is 41.1 Å². The minimum absolute atomic E-state index is 0.0829. The summed E-state index contributed by atoms with van der Waals surface area (Å²) in [5.74, 6) is 0.388. The zero-order chi connectivity index (χ0) is 12.3. The zero-order valence-electron chi connectivity index (χ0n) is 9.99. The molecule has 0 unspecified atom stereocenters. The van der Waals surface area contributed by atoms with Gasteiger partial charge in [0.25, 0.3) is 0 Å². The number of aromatic nitrogens is 2. The average molecular weight is 289 g/mol. The molecule has 0 aliphatic rings. The molecular weight excluding hydrogens is 272 g/mol. The first kappa shape index (κ1) is 13.2. The van der Waals surface area contributed by atoms with Crippen LogP contribution in [0.2, 0.25) is 0 Å². The Morgan fingerprint density at radius 1 is 1.44 bits per heavy atom. The van der Waals surface area contributed by atoms with Crippen LogP contribution in [0.3, 0.4) is 0 Å². The molecule has 90 valence electrons. The Balaban J connectivity index is 2.68. The molecule has 0 bridgehead atoms. The van der Waals surface area contributed by atoms with E-state index in [0.717, 1.165) is 0 Å². The van der Waals surface area contributed by atoms with Crippen LogP contribution < -0.4 is 10.5 Å². The highest BCUT2D eigenvalue weighted by Gasteiger charge is 2.21. The fourth-order valence-corrected chi connectivity index (χ4v) is 1.23. The zero-order valence-corrected chi connectivity index (χ0v) is 11.6. The molecule has 0 saturated heterocycles. The summed E-state index contributed by atoms with van der Waals surface area (Å²) >= 11 is 3.24. The summed E-state index contributed by atoms with van der Waals surface area (Å²) in [5, 5.41) is 0. The summed E-state index contributed by atoms with van der Waals surface area (Å²) in [4.78, 5) is 10.2. The van der Waals surface area contributed by atoms with E-state index in [-0.39, 0.29) is 5.54 Å². The molecule has 0 saturated carbocycles. The first-order chi connectivity index (χ1) is 7.31. The summed E-state index contributed by atoms with van der Waals surface area (Å²) in [6, 6.07) is 1.92. The standard InChI is InChI=1S/C10H17BrN4O/c1-10(2,15(3)4)6-16-9-13-7(11)5-8(12)14-9/h5H,6H2,1-4H3,(H2,12,13,14). The summed E-state index contributed by atoms with van der Waals surface area (Å²) in [7, 11) is 4.00. The van der Waals surface area contributed by atoms with E-state index in [1.54, 1.807) is 6.07 Å². The van der Waals surface area contributed by atoms with E-state index >= 15 is 0 Å². The Hall–Kier alpha value is -0.880. The van der Waals surface area contributed by atoms with Crippen molar-refractivity contribution in [3.05, 3.63) is 10.7 Å². The van der Waals surface area contributed by atoms with Crippen LogP contribution in [0.5, 0.6) is 6.01 Å². The molecule has 0 fully saturated rings. The van der Waals surface area contributed by atoms with E-state index in [2.05, 4.69) is 44.6 Å². The maximum Gasteiger partial charge on any atom is 0.319 e. The number of hydrogen-bond donors (Lipinski definition) is 1. The van der Waals surface area contributed by atoms with E-state index in [1.165, 1.54) is 0 Å². The molecule has 2 N–H and O–H groups in total. The first-order valence-electron chi connectivity index (χ1n) is 4.91. The molecule has 5 nitrogen and oxygen atoms in total. The number of ether oxygens (including phenoxy) is 1. The van der Waals surface area contributed by atoms with Gasteiger partial charge in [-0.2, -0.15) is 9.97 Å². The van der Waals surface area contributed by atoms with E-state index in [0.29, 0.717) is 23.0 Å². The fourth-order valence-electron chi connectivity index (χ4n) is 0.848. The number of nitrogens with zero attached hydrogens (tertiary/aromatic N) is 3. The Bertz CT molecular complexity index is 348. The van der Waals surface area contributed by atoms with Crippen molar-refractivity contribution < 1.29 is 4.74 Å². The van der Waals surface area contributed by atoms with Crippen LogP contribution in [0.15, 0.2) is 10.7 Å². The van der Waals surface area contributed by atoms with Crippen molar-refractivity contribution in [3.8, 4) is 6.01 Å². The third-order valence-corrected chi connectivity index (χ3v) is 2.87. The highest BCUT2D eigenvalue weighted by Crippen LogP contribution is 2.16. The second kappa shape index (κ2) is 4.97. The Kier molecular flexibility index (Phi) is 4.09. The van der Waals surface area contributed by atoms with Gasteiger partial charge in [-0.15, -0.1) is 0 Å². The van der Waals surface area contributed by atoms with Crippen molar-refractivity contribution in [2.75, 3.05) is 26.4 Å². The lowest BCUT2D eigenvalue weighted by Gasteiger charge is -2.31. The predicted octanol–water partition coefficient (Wildman–Crippen LogP) is 1.54. The molecular formula is C10H17BrN4O. The third-order valence-electron chi connectivity index (χ3n) is 2.46. The molecule has 16 heavy (non-hydrogen) atoms. The molecule has 0 aromatic carbocycles. The summed E-state index contributed by atoms with van der Waals surface area (Å²) in [6.07, 6.45) is 0. The molecule has 0 atom stereocenters. The summed E-state index contributed by atoms with van der Waals surface area (Å²) in [6.45, 7) is 4.65. The monoisotopic (exact) mass is 288 g/mol. The second-order valence-corrected chi connectivity index (χ2v) is 5.21. The molecule has 0 aliphatic heterocycles. The highest BCUT2D eigenvalue weighted by molar-refractivity contribution is 9.10. The lowest BCUT2D eigenvalue weighted by atomic mass is 10.1.